The third kappa shape index (κ3) is 3.24. The first-order chi connectivity index (χ1) is 14.9. The lowest BCUT2D eigenvalue weighted by atomic mass is 10.1. The Balaban J connectivity index is 1.81. The highest BCUT2D eigenvalue weighted by Gasteiger charge is 2.23. The van der Waals surface area contributed by atoms with Crippen molar-refractivity contribution in [2.24, 2.45) is 0 Å². The predicted octanol–water partition coefficient (Wildman–Crippen LogP) is 6.02. The number of halogens is 1. The summed E-state index contributed by atoms with van der Waals surface area (Å²) in [7, 11) is 0. The average molecular weight is 471 g/mol. The Kier molecular flexibility index (Phi) is 4.67. The van der Waals surface area contributed by atoms with Gasteiger partial charge in [-0.25, -0.2) is 15.0 Å². The Labute approximate surface area is 187 Å². The Morgan fingerprint density at radius 3 is 2.19 bits per heavy atom. The molecule has 0 N–H and O–H groups in total. The van der Waals surface area contributed by atoms with Crippen molar-refractivity contribution in [3.05, 3.63) is 87.5 Å². The van der Waals surface area contributed by atoms with E-state index in [4.69, 9.17) is 15.0 Å². The van der Waals surface area contributed by atoms with Crippen LogP contribution in [0, 0.1) is 20.8 Å². The van der Waals surface area contributed by atoms with Crippen LogP contribution in [0.15, 0.2) is 65.1 Å². The van der Waals surface area contributed by atoms with Gasteiger partial charge in [-0.2, -0.15) is 0 Å². The number of carbonyl (C=O) groups excluding carboxylic acids is 1. The van der Waals surface area contributed by atoms with Gasteiger partial charge in [0.1, 0.15) is 5.69 Å². The van der Waals surface area contributed by atoms with E-state index >= 15 is 0 Å². The van der Waals surface area contributed by atoms with Crippen LogP contribution in [0.2, 0.25) is 0 Å². The average Bonchev–Trinajstić information content (AvgIpc) is 3.14. The fraction of sp³-hybridized carbons (Fsp3) is 0.120. The Morgan fingerprint density at radius 1 is 0.806 bits per heavy atom. The van der Waals surface area contributed by atoms with Crippen LogP contribution >= 0.6 is 15.9 Å². The number of aromatic nitrogens is 4. The summed E-state index contributed by atoms with van der Waals surface area (Å²) in [5.74, 6) is 0.324. The van der Waals surface area contributed by atoms with Crippen molar-refractivity contribution in [2.75, 3.05) is 0 Å². The van der Waals surface area contributed by atoms with E-state index in [0.29, 0.717) is 17.1 Å². The van der Waals surface area contributed by atoms with Gasteiger partial charge in [0.05, 0.1) is 33.3 Å². The van der Waals surface area contributed by atoms with Crippen LogP contribution in [0.25, 0.3) is 33.6 Å². The zero-order chi connectivity index (χ0) is 21.7. The maximum atomic E-state index is 13.7. The molecule has 6 heteroatoms. The predicted molar refractivity (Wildman–Crippen MR) is 126 cm³/mol. The fourth-order valence-corrected chi connectivity index (χ4v) is 4.21. The number of hydrogen-bond acceptors (Lipinski definition) is 4. The molecule has 0 unspecified atom stereocenters. The first-order valence-corrected chi connectivity index (χ1v) is 10.8. The molecule has 5 rings (SSSR count). The minimum Gasteiger partial charge on any atom is -0.268 e. The molecule has 2 heterocycles. The van der Waals surface area contributed by atoms with Crippen molar-refractivity contribution in [1.82, 2.24) is 19.5 Å². The van der Waals surface area contributed by atoms with Gasteiger partial charge in [0, 0.05) is 4.47 Å². The van der Waals surface area contributed by atoms with Crippen LogP contribution in [0.1, 0.15) is 27.2 Å². The van der Waals surface area contributed by atoms with Gasteiger partial charge < -0.3 is 0 Å². The van der Waals surface area contributed by atoms with E-state index in [1.807, 2.05) is 61.5 Å². The number of fused-ring (bicyclic) bond motifs is 2. The molecule has 0 aliphatic rings. The van der Waals surface area contributed by atoms with Crippen LogP contribution < -0.4 is 0 Å². The van der Waals surface area contributed by atoms with Gasteiger partial charge in [-0.05, 0) is 84.2 Å². The summed E-state index contributed by atoms with van der Waals surface area (Å²) in [4.78, 5) is 28.1. The third-order valence-electron chi connectivity index (χ3n) is 5.53. The Morgan fingerprint density at radius 2 is 1.45 bits per heavy atom. The zero-order valence-corrected chi connectivity index (χ0v) is 18.9. The van der Waals surface area contributed by atoms with E-state index in [-0.39, 0.29) is 5.91 Å². The molecule has 2 aromatic heterocycles. The van der Waals surface area contributed by atoms with Crippen molar-refractivity contribution in [2.45, 2.75) is 20.8 Å². The summed E-state index contributed by atoms with van der Waals surface area (Å²) in [5.41, 5.74) is 7.31. The largest absolute Gasteiger partial charge is 0.268 e. The molecule has 3 aromatic carbocycles. The fourth-order valence-electron chi connectivity index (χ4n) is 3.76. The van der Waals surface area contributed by atoms with Crippen molar-refractivity contribution in [3.63, 3.8) is 0 Å². The normalized spacial score (nSPS) is 11.4. The zero-order valence-electron chi connectivity index (χ0n) is 17.3. The van der Waals surface area contributed by atoms with Gasteiger partial charge in [-0.3, -0.25) is 9.36 Å². The second kappa shape index (κ2) is 7.39. The third-order valence-corrected chi connectivity index (χ3v) is 6.23. The maximum Gasteiger partial charge on any atom is 0.265 e. The van der Waals surface area contributed by atoms with Crippen molar-refractivity contribution in [1.29, 1.82) is 0 Å². The second-order valence-corrected chi connectivity index (χ2v) is 8.48. The van der Waals surface area contributed by atoms with Crippen LogP contribution in [-0.2, 0) is 0 Å². The lowest BCUT2D eigenvalue weighted by Crippen LogP contribution is -2.15. The minimum absolute atomic E-state index is 0.169. The van der Waals surface area contributed by atoms with Crippen LogP contribution in [-0.4, -0.2) is 25.4 Å². The van der Waals surface area contributed by atoms with Gasteiger partial charge >= 0.3 is 0 Å². The summed E-state index contributed by atoms with van der Waals surface area (Å²) in [5, 5.41) is 0. The van der Waals surface area contributed by atoms with Crippen LogP contribution in [0.5, 0.6) is 0 Å². The topological polar surface area (TPSA) is 60.7 Å². The molecule has 0 aliphatic heterocycles. The van der Waals surface area contributed by atoms with E-state index in [9.17, 15) is 4.79 Å². The number of benzene rings is 3. The highest BCUT2D eigenvalue weighted by atomic mass is 79.9. The Bertz CT molecular complexity index is 1500. The first kappa shape index (κ1) is 19.6. The second-order valence-electron chi connectivity index (χ2n) is 7.63. The molecule has 0 saturated carbocycles. The molecule has 0 bridgehead atoms. The SMILES string of the molecule is Cc1cc2nc(C)c(-c3nc4ccccc4n3C(=O)c3ccccc3Br)nc2cc1C. The molecule has 0 aliphatic carbocycles. The van der Waals surface area contributed by atoms with E-state index in [2.05, 4.69) is 29.8 Å². The molecule has 0 fully saturated rings. The number of nitrogens with zero attached hydrogens (tertiary/aromatic N) is 4. The van der Waals surface area contributed by atoms with E-state index in [0.717, 1.165) is 37.8 Å². The van der Waals surface area contributed by atoms with Crippen LogP contribution in [0.3, 0.4) is 0 Å². The number of rotatable bonds is 2. The smallest absolute Gasteiger partial charge is 0.265 e. The molecule has 152 valence electrons. The number of hydrogen-bond donors (Lipinski definition) is 0. The summed E-state index contributed by atoms with van der Waals surface area (Å²) in [6.45, 7) is 6.03. The standard InChI is InChI=1S/C25H19BrN4O/c1-14-12-20-21(13-15(14)2)28-23(16(3)27-20)24-29-19-10-6-7-11-22(19)30(24)25(31)17-8-4-5-9-18(17)26/h4-13H,1-3H3. The summed E-state index contributed by atoms with van der Waals surface area (Å²) >= 11 is 3.51. The van der Waals surface area contributed by atoms with Gasteiger partial charge in [-0.1, -0.05) is 24.3 Å². The number of carbonyl (C=O) groups is 1. The summed E-state index contributed by atoms with van der Waals surface area (Å²) < 4.78 is 2.37. The summed E-state index contributed by atoms with van der Waals surface area (Å²) in [6.07, 6.45) is 0. The highest BCUT2D eigenvalue weighted by molar-refractivity contribution is 9.10. The maximum absolute atomic E-state index is 13.7. The number of aryl methyl sites for hydroxylation is 3. The van der Waals surface area contributed by atoms with Gasteiger partial charge in [0.25, 0.3) is 5.91 Å². The lowest BCUT2D eigenvalue weighted by Gasteiger charge is -2.12. The monoisotopic (exact) mass is 470 g/mol. The summed E-state index contributed by atoms with van der Waals surface area (Å²) in [6, 6.07) is 19.1. The molecule has 0 atom stereocenters. The molecule has 5 nitrogen and oxygen atoms in total. The van der Waals surface area contributed by atoms with E-state index < -0.39 is 0 Å². The van der Waals surface area contributed by atoms with Gasteiger partial charge in [-0.15, -0.1) is 0 Å². The molecule has 0 amide bonds. The molecular weight excluding hydrogens is 452 g/mol. The molecule has 0 spiro atoms. The first-order valence-electron chi connectivity index (χ1n) is 9.96. The Hall–Kier alpha value is -3.38. The van der Waals surface area contributed by atoms with Crippen molar-refractivity contribution >= 4 is 43.9 Å². The highest BCUT2D eigenvalue weighted by Crippen LogP contribution is 2.29. The van der Waals surface area contributed by atoms with E-state index in [1.54, 1.807) is 10.6 Å². The lowest BCUT2D eigenvalue weighted by molar-refractivity contribution is 0.0965. The quantitative estimate of drug-likeness (QED) is 0.316. The molecule has 0 radical (unpaired) electrons. The molecule has 31 heavy (non-hydrogen) atoms. The van der Waals surface area contributed by atoms with Crippen molar-refractivity contribution in [3.8, 4) is 11.5 Å². The number of para-hydroxylation sites is 2. The van der Waals surface area contributed by atoms with Crippen LogP contribution in [0.4, 0.5) is 0 Å². The molecule has 5 aromatic rings. The van der Waals surface area contributed by atoms with Crippen molar-refractivity contribution < 1.29 is 4.79 Å². The van der Waals surface area contributed by atoms with Gasteiger partial charge in [0.15, 0.2) is 5.82 Å². The van der Waals surface area contributed by atoms with Gasteiger partial charge in [0.2, 0.25) is 0 Å². The minimum atomic E-state index is -0.169. The van der Waals surface area contributed by atoms with E-state index in [1.165, 1.54) is 5.56 Å². The molecular formula is C25H19BrN4O. The number of imidazole rings is 1. The molecule has 0 saturated heterocycles.